The Morgan fingerprint density at radius 3 is 2.65 bits per heavy atom. The first kappa shape index (κ1) is 21.4. The van der Waals surface area contributed by atoms with Crippen LogP contribution in [0.5, 0.6) is 0 Å². The van der Waals surface area contributed by atoms with Crippen molar-refractivity contribution in [3.8, 4) is 0 Å². The van der Waals surface area contributed by atoms with E-state index in [1.807, 2.05) is 61.5 Å². The summed E-state index contributed by atoms with van der Waals surface area (Å²) in [4.78, 5) is 28.7. The van der Waals surface area contributed by atoms with Crippen LogP contribution in [0.25, 0.3) is 21.9 Å². The quantitative estimate of drug-likeness (QED) is 0.387. The number of aliphatic hydroxyl groups excluding tert-OH is 1. The maximum absolute atomic E-state index is 13.6. The summed E-state index contributed by atoms with van der Waals surface area (Å²) in [5.74, 6) is -0.513. The van der Waals surface area contributed by atoms with E-state index in [0.717, 1.165) is 32.0 Å². The first-order valence-electron chi connectivity index (χ1n) is 11.4. The van der Waals surface area contributed by atoms with E-state index in [9.17, 15) is 14.7 Å². The van der Waals surface area contributed by atoms with E-state index in [2.05, 4.69) is 21.2 Å². The summed E-state index contributed by atoms with van der Waals surface area (Å²) >= 11 is 3.44. The number of aliphatic hydroxyl groups is 1. The number of likely N-dealkylation sites (tertiary alicyclic amines) is 1. The Morgan fingerprint density at radius 1 is 1.03 bits per heavy atom. The smallest absolute Gasteiger partial charge is 0.255 e. The average Bonchev–Trinajstić information content (AvgIpc) is 3.48. The second-order valence-corrected chi connectivity index (χ2v) is 10.2. The number of para-hydroxylation sites is 1. The van der Waals surface area contributed by atoms with Crippen LogP contribution in [0.2, 0.25) is 0 Å². The van der Waals surface area contributed by atoms with Crippen LogP contribution in [-0.4, -0.2) is 40.0 Å². The largest absolute Gasteiger partial charge is 0.456 e. The molecule has 2 aliphatic rings. The van der Waals surface area contributed by atoms with Gasteiger partial charge in [0.25, 0.3) is 5.91 Å². The molecule has 2 unspecified atom stereocenters. The molecule has 3 aromatic carbocycles. The maximum Gasteiger partial charge on any atom is 0.255 e. The Hall–Kier alpha value is -3.16. The number of nitrogens with zero attached hydrogens (tertiary/aromatic N) is 1. The fraction of sp³-hybridized carbons (Fsp3) is 0.259. The van der Waals surface area contributed by atoms with Crippen LogP contribution in [-0.2, 0) is 4.79 Å². The van der Waals surface area contributed by atoms with Crippen molar-refractivity contribution in [3.63, 3.8) is 0 Å². The predicted octanol–water partition coefficient (Wildman–Crippen LogP) is 5.26. The third kappa shape index (κ3) is 3.34. The standard InChI is InChI=1S/C27H23BrN2O4/c1-14-10-16(28)6-8-18(14)27(33)30-21-11-15(12-22(21)31)25(30)26(32)29-17-7-9-24-20(13-17)19-4-2-3-5-23(19)34-24/h2-10,13,15,21-22,25,31H,11-12H2,1H3,(H,29,32)/t15?,21?,22-,25-/m1/s1. The number of furan rings is 1. The molecule has 2 amide bonds. The second-order valence-electron chi connectivity index (χ2n) is 9.28. The van der Waals surface area contributed by atoms with Crippen molar-refractivity contribution in [2.45, 2.75) is 38.0 Å². The van der Waals surface area contributed by atoms with Gasteiger partial charge < -0.3 is 19.7 Å². The summed E-state index contributed by atoms with van der Waals surface area (Å²) in [5, 5.41) is 15.5. The normalized spacial score (nSPS) is 23.7. The molecule has 0 spiro atoms. The molecule has 2 fully saturated rings. The number of piperidine rings is 1. The van der Waals surface area contributed by atoms with Gasteiger partial charge in [-0.25, -0.2) is 0 Å². The molecule has 0 radical (unpaired) electrons. The molecule has 4 aromatic rings. The molecule has 2 N–H and O–H groups in total. The van der Waals surface area contributed by atoms with Crippen molar-refractivity contribution >= 4 is 55.4 Å². The van der Waals surface area contributed by atoms with Gasteiger partial charge in [0.1, 0.15) is 17.2 Å². The van der Waals surface area contributed by atoms with Crippen molar-refractivity contribution in [2.75, 3.05) is 5.32 Å². The lowest BCUT2D eigenvalue weighted by Gasteiger charge is -2.37. The zero-order valence-corrected chi connectivity index (χ0v) is 20.1. The molecule has 4 atom stereocenters. The minimum atomic E-state index is -0.624. The number of hydrogen-bond acceptors (Lipinski definition) is 4. The molecule has 34 heavy (non-hydrogen) atoms. The molecule has 6 rings (SSSR count). The molecule has 172 valence electrons. The summed E-state index contributed by atoms with van der Waals surface area (Å²) in [7, 11) is 0. The van der Waals surface area contributed by atoms with Crippen LogP contribution in [0.3, 0.4) is 0 Å². The van der Waals surface area contributed by atoms with E-state index in [-0.39, 0.29) is 23.8 Å². The summed E-state index contributed by atoms with van der Waals surface area (Å²) in [6.45, 7) is 1.88. The van der Waals surface area contributed by atoms with Gasteiger partial charge in [-0.15, -0.1) is 0 Å². The molecule has 2 heterocycles. The van der Waals surface area contributed by atoms with Crippen molar-refractivity contribution in [2.24, 2.45) is 5.92 Å². The number of carbonyl (C=O) groups is 2. The van der Waals surface area contributed by atoms with Gasteiger partial charge in [-0.2, -0.15) is 0 Å². The molecule has 6 nitrogen and oxygen atoms in total. The monoisotopic (exact) mass is 518 g/mol. The minimum Gasteiger partial charge on any atom is -0.456 e. The molecule has 1 aliphatic heterocycles. The summed E-state index contributed by atoms with van der Waals surface area (Å²) < 4.78 is 6.77. The van der Waals surface area contributed by atoms with Crippen LogP contribution in [0.1, 0.15) is 28.8 Å². The van der Waals surface area contributed by atoms with Crippen LogP contribution < -0.4 is 5.32 Å². The number of fused-ring (bicyclic) bond motifs is 5. The number of benzene rings is 3. The maximum atomic E-state index is 13.6. The van der Waals surface area contributed by atoms with E-state index < -0.39 is 12.1 Å². The Kier molecular flexibility index (Phi) is 5.00. The van der Waals surface area contributed by atoms with E-state index in [0.29, 0.717) is 24.1 Å². The first-order valence-corrected chi connectivity index (χ1v) is 12.2. The number of halogens is 1. The Bertz CT molecular complexity index is 1460. The molecule has 1 saturated heterocycles. The van der Waals surface area contributed by atoms with E-state index >= 15 is 0 Å². The van der Waals surface area contributed by atoms with Crippen molar-refractivity contribution in [3.05, 3.63) is 76.3 Å². The second kappa shape index (κ2) is 7.96. The number of hydrogen-bond donors (Lipinski definition) is 2. The van der Waals surface area contributed by atoms with Gasteiger partial charge in [0, 0.05) is 26.5 Å². The molecule has 1 aliphatic carbocycles. The molecule has 1 aromatic heterocycles. The van der Waals surface area contributed by atoms with Crippen molar-refractivity contribution < 1.29 is 19.1 Å². The van der Waals surface area contributed by atoms with Crippen LogP contribution in [0.15, 0.2) is 69.6 Å². The fourth-order valence-electron chi connectivity index (χ4n) is 5.66. The zero-order chi connectivity index (χ0) is 23.6. The topological polar surface area (TPSA) is 82.8 Å². The van der Waals surface area contributed by atoms with E-state index in [1.165, 1.54) is 0 Å². The molecular weight excluding hydrogens is 496 g/mol. The number of nitrogens with one attached hydrogen (secondary N) is 1. The van der Waals surface area contributed by atoms with Crippen LogP contribution in [0.4, 0.5) is 5.69 Å². The van der Waals surface area contributed by atoms with Crippen LogP contribution in [0, 0.1) is 12.8 Å². The highest BCUT2D eigenvalue weighted by molar-refractivity contribution is 9.10. The van der Waals surface area contributed by atoms with Crippen molar-refractivity contribution in [1.82, 2.24) is 4.90 Å². The Labute approximate surface area is 204 Å². The lowest BCUT2D eigenvalue weighted by molar-refractivity contribution is -0.123. The van der Waals surface area contributed by atoms with Gasteiger partial charge in [0.15, 0.2) is 0 Å². The number of rotatable bonds is 3. The fourth-order valence-corrected chi connectivity index (χ4v) is 6.14. The number of carbonyl (C=O) groups excluding carboxylic acids is 2. The minimum absolute atomic E-state index is 0.0711. The lowest BCUT2D eigenvalue weighted by Crippen LogP contribution is -2.55. The number of amides is 2. The van der Waals surface area contributed by atoms with Crippen molar-refractivity contribution in [1.29, 1.82) is 0 Å². The summed E-state index contributed by atoms with van der Waals surface area (Å²) in [6.07, 6.45) is 0.547. The van der Waals surface area contributed by atoms with Gasteiger partial charge in [-0.05, 0) is 73.7 Å². The Balaban J connectivity index is 1.32. The first-order chi connectivity index (χ1) is 16.4. The van der Waals surface area contributed by atoms with Crippen LogP contribution >= 0.6 is 15.9 Å². The predicted molar refractivity (Wildman–Crippen MR) is 134 cm³/mol. The van der Waals surface area contributed by atoms with Gasteiger partial charge in [-0.1, -0.05) is 34.1 Å². The molecule has 7 heteroatoms. The van der Waals surface area contributed by atoms with Gasteiger partial charge >= 0.3 is 0 Å². The highest BCUT2D eigenvalue weighted by Crippen LogP contribution is 2.44. The Morgan fingerprint density at radius 2 is 1.82 bits per heavy atom. The highest BCUT2D eigenvalue weighted by Gasteiger charge is 2.55. The van der Waals surface area contributed by atoms with E-state index in [1.54, 1.807) is 11.0 Å². The molecule has 2 bridgehead atoms. The zero-order valence-electron chi connectivity index (χ0n) is 18.5. The van der Waals surface area contributed by atoms with Gasteiger partial charge in [0.2, 0.25) is 5.91 Å². The number of anilines is 1. The highest BCUT2D eigenvalue weighted by atomic mass is 79.9. The third-order valence-corrected chi connectivity index (χ3v) is 7.70. The molecular formula is C27H23BrN2O4. The van der Waals surface area contributed by atoms with E-state index in [4.69, 9.17) is 4.42 Å². The summed E-state index contributed by atoms with van der Waals surface area (Å²) in [6, 6.07) is 17.9. The number of aryl methyl sites for hydroxylation is 1. The SMILES string of the molecule is Cc1cc(Br)ccc1C(=O)N1C2CC(C[C@H]2O)[C@@H]1C(=O)Nc1ccc2oc3ccccc3c2c1. The average molecular weight is 519 g/mol. The van der Waals surface area contributed by atoms with Gasteiger partial charge in [-0.3, -0.25) is 9.59 Å². The lowest BCUT2D eigenvalue weighted by atomic mass is 9.95. The van der Waals surface area contributed by atoms with Gasteiger partial charge in [0.05, 0.1) is 12.1 Å². The summed E-state index contributed by atoms with van der Waals surface area (Å²) in [5.41, 5.74) is 3.58. The third-order valence-electron chi connectivity index (χ3n) is 7.20. The molecule has 1 saturated carbocycles.